The van der Waals surface area contributed by atoms with Crippen molar-refractivity contribution >= 4 is 57.7 Å². The quantitative estimate of drug-likeness (QED) is 0.0927. The van der Waals surface area contributed by atoms with Gasteiger partial charge in [-0.05, 0) is 69.2 Å². The maximum atomic E-state index is 13.5. The number of hydroxylamine groups is 1. The molecule has 12 heteroatoms. The van der Waals surface area contributed by atoms with Crippen LogP contribution in [0.2, 0.25) is 5.02 Å². The Morgan fingerprint density at radius 3 is 2.60 bits per heavy atom. The van der Waals surface area contributed by atoms with E-state index in [1.165, 1.54) is 6.92 Å². The van der Waals surface area contributed by atoms with Crippen molar-refractivity contribution in [2.24, 2.45) is 10.2 Å². The van der Waals surface area contributed by atoms with Gasteiger partial charge in [0.05, 0.1) is 5.69 Å². The van der Waals surface area contributed by atoms with E-state index in [9.17, 15) is 9.59 Å². The molecule has 0 bridgehead atoms. The molecule has 1 aromatic heterocycles. The monoisotopic (exact) mass is 606 g/mol. The minimum absolute atomic E-state index is 0.0509. The highest BCUT2D eigenvalue weighted by Gasteiger charge is 2.21. The largest absolute Gasteiger partial charge is 0.480 e. The molecule has 0 saturated heterocycles. The van der Waals surface area contributed by atoms with Gasteiger partial charge in [-0.1, -0.05) is 41.3 Å². The molecule has 11 nitrogen and oxygen atoms in total. The molecular weight excluding hydrogens is 572 g/mol. The molecule has 1 unspecified atom stereocenters. The van der Waals surface area contributed by atoms with E-state index in [-0.39, 0.29) is 11.9 Å². The molecule has 1 atom stereocenters. The predicted octanol–water partition coefficient (Wildman–Crippen LogP) is 7.20. The molecule has 0 saturated carbocycles. The zero-order valence-corrected chi connectivity index (χ0v) is 25.6. The van der Waals surface area contributed by atoms with E-state index in [4.69, 9.17) is 25.6 Å². The van der Waals surface area contributed by atoms with Gasteiger partial charge in [-0.15, -0.1) is 5.11 Å². The molecule has 0 aliphatic carbocycles. The highest BCUT2D eigenvalue weighted by Crippen LogP contribution is 2.33. The zero-order chi connectivity index (χ0) is 30.9. The summed E-state index contributed by atoms with van der Waals surface area (Å²) in [5.74, 6) is -0.0970. The Labute approximate surface area is 255 Å². The predicted molar refractivity (Wildman–Crippen MR) is 167 cm³/mol. The van der Waals surface area contributed by atoms with Gasteiger partial charge in [0, 0.05) is 43.3 Å². The van der Waals surface area contributed by atoms with Crippen LogP contribution in [-0.4, -0.2) is 42.6 Å². The van der Waals surface area contributed by atoms with Crippen molar-refractivity contribution in [2.45, 2.75) is 47.1 Å². The summed E-state index contributed by atoms with van der Waals surface area (Å²) in [5.41, 5.74) is 7.43. The van der Waals surface area contributed by atoms with Crippen molar-refractivity contribution in [3.63, 3.8) is 0 Å². The second-order valence-corrected chi connectivity index (χ2v) is 10.3. The first kappa shape index (κ1) is 31.5. The number of halogens is 1. The summed E-state index contributed by atoms with van der Waals surface area (Å²) in [6, 6.07) is 16.4. The van der Waals surface area contributed by atoms with Crippen molar-refractivity contribution in [1.82, 2.24) is 10.5 Å². The maximum Gasteiger partial charge on any atom is 0.341 e. The number of amides is 1. The number of hydrogen-bond donors (Lipinski definition) is 2. The summed E-state index contributed by atoms with van der Waals surface area (Å²) in [7, 11) is 0. The van der Waals surface area contributed by atoms with Gasteiger partial charge in [0.2, 0.25) is 0 Å². The molecule has 226 valence electrons. The third-order valence-corrected chi connectivity index (χ3v) is 6.77. The van der Waals surface area contributed by atoms with E-state index in [1.807, 2.05) is 58.0 Å². The van der Waals surface area contributed by atoms with Crippen molar-refractivity contribution in [2.75, 3.05) is 29.9 Å². The van der Waals surface area contributed by atoms with Gasteiger partial charge in [0.1, 0.15) is 17.0 Å². The lowest BCUT2D eigenvalue weighted by Crippen LogP contribution is -2.33. The molecule has 3 aromatic carbocycles. The maximum absolute atomic E-state index is 13.5. The van der Waals surface area contributed by atoms with Crippen molar-refractivity contribution in [3.8, 4) is 5.75 Å². The number of oxazole rings is 1. The van der Waals surface area contributed by atoms with Crippen molar-refractivity contribution in [1.29, 1.82) is 0 Å². The Morgan fingerprint density at radius 1 is 1.07 bits per heavy atom. The molecule has 0 spiro atoms. The van der Waals surface area contributed by atoms with Gasteiger partial charge in [0.25, 0.3) is 5.91 Å². The molecule has 0 aliphatic heterocycles. The van der Waals surface area contributed by atoms with E-state index in [0.29, 0.717) is 59.3 Å². The zero-order valence-electron chi connectivity index (χ0n) is 24.8. The van der Waals surface area contributed by atoms with Gasteiger partial charge in [0.15, 0.2) is 11.7 Å². The van der Waals surface area contributed by atoms with E-state index < -0.39 is 12.1 Å². The number of likely N-dealkylation sites (N-methyl/N-ethyl adjacent to an activating group) is 1. The normalized spacial score (nSPS) is 12.0. The SMILES string of the molecule is CCC(Oc1ccc(C)cc1C)C(=O)Nc1cc(N(CC)CCNOC(C)=O)ccc1N=Nc1nc2ccc(Cl)cc2o1. The fourth-order valence-electron chi connectivity index (χ4n) is 4.36. The topological polar surface area (TPSA) is 131 Å². The van der Waals surface area contributed by atoms with E-state index >= 15 is 0 Å². The van der Waals surface area contributed by atoms with Gasteiger partial charge >= 0.3 is 12.0 Å². The number of aromatic nitrogens is 1. The minimum Gasteiger partial charge on any atom is -0.480 e. The minimum atomic E-state index is -0.744. The van der Waals surface area contributed by atoms with Crippen LogP contribution in [-0.2, 0) is 14.4 Å². The highest BCUT2D eigenvalue weighted by atomic mass is 35.5. The Hall–Kier alpha value is -4.48. The van der Waals surface area contributed by atoms with Crippen LogP contribution >= 0.6 is 11.6 Å². The molecule has 4 rings (SSSR count). The van der Waals surface area contributed by atoms with E-state index in [0.717, 1.165) is 16.8 Å². The highest BCUT2D eigenvalue weighted by molar-refractivity contribution is 6.31. The average Bonchev–Trinajstić information content (AvgIpc) is 3.38. The average molecular weight is 607 g/mol. The van der Waals surface area contributed by atoms with Crippen LogP contribution in [0.25, 0.3) is 11.1 Å². The number of fused-ring (bicyclic) bond motifs is 1. The second kappa shape index (κ2) is 14.6. The Kier molecular flexibility index (Phi) is 10.7. The molecule has 43 heavy (non-hydrogen) atoms. The van der Waals surface area contributed by atoms with E-state index in [2.05, 4.69) is 30.9 Å². The fourth-order valence-corrected chi connectivity index (χ4v) is 4.52. The first-order valence-electron chi connectivity index (χ1n) is 14.0. The van der Waals surface area contributed by atoms with Crippen LogP contribution in [0.4, 0.5) is 23.1 Å². The third-order valence-electron chi connectivity index (χ3n) is 6.53. The van der Waals surface area contributed by atoms with Gasteiger partial charge < -0.3 is 24.2 Å². The number of rotatable bonds is 13. The molecular formula is C31H35ClN6O5. The molecule has 0 radical (unpaired) electrons. The number of benzene rings is 3. The Balaban J connectivity index is 1.61. The summed E-state index contributed by atoms with van der Waals surface area (Å²) in [4.78, 5) is 35.8. The Morgan fingerprint density at radius 2 is 1.88 bits per heavy atom. The van der Waals surface area contributed by atoms with Gasteiger partial charge in [-0.3, -0.25) is 9.59 Å². The molecule has 2 N–H and O–H groups in total. The molecule has 1 heterocycles. The number of ether oxygens (including phenoxy) is 1. The molecule has 0 aliphatic rings. The summed E-state index contributed by atoms with van der Waals surface area (Å²) >= 11 is 6.06. The molecule has 4 aromatic rings. The van der Waals surface area contributed by atoms with Crippen LogP contribution in [0.1, 0.15) is 38.3 Å². The van der Waals surface area contributed by atoms with E-state index in [1.54, 1.807) is 24.3 Å². The number of carbonyl (C=O) groups is 2. The van der Waals surface area contributed by atoms with Gasteiger partial charge in [-0.2, -0.15) is 10.5 Å². The van der Waals surface area contributed by atoms with Crippen LogP contribution in [0.5, 0.6) is 5.75 Å². The lowest BCUT2D eigenvalue weighted by molar-refractivity contribution is -0.148. The summed E-state index contributed by atoms with van der Waals surface area (Å²) in [6.07, 6.45) is -0.295. The third kappa shape index (κ3) is 8.52. The fraction of sp³-hybridized carbons (Fsp3) is 0.323. The Bertz CT molecular complexity index is 1620. The van der Waals surface area contributed by atoms with Crippen LogP contribution in [0, 0.1) is 13.8 Å². The second-order valence-electron chi connectivity index (χ2n) is 9.85. The standard InChI is InChI=1S/C31H35ClN6O5/c1-6-27(41-28-13-8-19(3)16-20(28)4)30(40)34-26-18-23(38(7-2)15-14-33-43-21(5)39)10-12-24(26)36-37-31-35-25-11-9-22(32)17-29(25)42-31/h8-13,16-18,27,33H,6-7,14-15H2,1-5H3,(H,34,40). The van der Waals surface area contributed by atoms with Gasteiger partial charge in [-0.25, -0.2) is 0 Å². The first-order chi connectivity index (χ1) is 20.7. The van der Waals surface area contributed by atoms with Crippen molar-refractivity contribution in [3.05, 3.63) is 70.7 Å². The summed E-state index contributed by atoms with van der Waals surface area (Å²) < 4.78 is 11.8. The summed E-state index contributed by atoms with van der Waals surface area (Å²) in [6.45, 7) is 10.8. The van der Waals surface area contributed by atoms with Crippen molar-refractivity contribution < 1.29 is 23.6 Å². The number of carbonyl (C=O) groups excluding carboxylic acids is 2. The number of hydrogen-bond acceptors (Lipinski definition) is 10. The van der Waals surface area contributed by atoms with Crippen LogP contribution < -0.4 is 20.4 Å². The molecule has 0 fully saturated rings. The number of anilines is 2. The van der Waals surface area contributed by atoms with Crippen LogP contribution in [0.3, 0.4) is 0 Å². The lowest BCUT2D eigenvalue weighted by Gasteiger charge is -2.24. The summed E-state index contributed by atoms with van der Waals surface area (Å²) in [5, 5.41) is 12.0. The first-order valence-corrected chi connectivity index (χ1v) is 14.4. The van der Waals surface area contributed by atoms with Crippen LogP contribution in [0.15, 0.2) is 69.2 Å². The smallest absolute Gasteiger partial charge is 0.341 e. The number of azo groups is 1. The molecule has 1 amide bonds. The number of nitrogens with zero attached hydrogens (tertiary/aromatic N) is 4. The lowest BCUT2D eigenvalue weighted by atomic mass is 10.1. The number of nitrogens with one attached hydrogen (secondary N) is 2. The number of aryl methyl sites for hydroxylation is 2.